The molecule has 18 heavy (non-hydrogen) atoms. The summed E-state index contributed by atoms with van der Waals surface area (Å²) in [6.45, 7) is 0.644. The summed E-state index contributed by atoms with van der Waals surface area (Å²) in [4.78, 5) is 0. The molecule has 2 N–H and O–H groups in total. The van der Waals surface area contributed by atoms with Crippen molar-refractivity contribution in [3.05, 3.63) is 64.4 Å². The second-order valence-corrected chi connectivity index (χ2v) is 4.30. The molecular weight excluding hydrogens is 253 g/mol. The predicted molar refractivity (Wildman–Crippen MR) is 70.1 cm³/mol. The predicted octanol–water partition coefficient (Wildman–Crippen LogP) is 3.52. The van der Waals surface area contributed by atoms with Gasteiger partial charge in [0.2, 0.25) is 0 Å². The van der Waals surface area contributed by atoms with Crippen molar-refractivity contribution >= 4 is 11.6 Å². The molecule has 0 spiro atoms. The van der Waals surface area contributed by atoms with E-state index < -0.39 is 0 Å². The summed E-state index contributed by atoms with van der Waals surface area (Å²) in [5.74, 6) is 0.428. The number of halogens is 2. The molecule has 0 aliphatic heterocycles. The van der Waals surface area contributed by atoms with Crippen LogP contribution in [0.3, 0.4) is 0 Å². The number of ether oxygens (including phenoxy) is 1. The van der Waals surface area contributed by atoms with Gasteiger partial charge in [0.05, 0.1) is 0 Å². The quantitative estimate of drug-likeness (QED) is 0.918. The minimum absolute atomic E-state index is 0.286. The number of hydrogen-bond donors (Lipinski definition) is 1. The van der Waals surface area contributed by atoms with Crippen molar-refractivity contribution in [2.75, 3.05) is 0 Å². The lowest BCUT2D eigenvalue weighted by Gasteiger charge is -2.10. The van der Waals surface area contributed by atoms with Crippen molar-refractivity contribution in [3.8, 4) is 5.75 Å². The first-order chi connectivity index (χ1) is 8.69. The van der Waals surface area contributed by atoms with Crippen LogP contribution in [0.4, 0.5) is 4.39 Å². The maximum atomic E-state index is 13.0. The average Bonchev–Trinajstić information content (AvgIpc) is 2.39. The second kappa shape index (κ2) is 5.85. The number of hydrogen-bond acceptors (Lipinski definition) is 2. The third-order valence-corrected chi connectivity index (χ3v) is 2.85. The van der Waals surface area contributed by atoms with Crippen LogP contribution in [-0.2, 0) is 13.2 Å². The van der Waals surface area contributed by atoms with Gasteiger partial charge in [-0.1, -0.05) is 17.7 Å². The molecule has 94 valence electrons. The van der Waals surface area contributed by atoms with Crippen molar-refractivity contribution in [2.24, 2.45) is 5.73 Å². The normalized spacial score (nSPS) is 10.4. The van der Waals surface area contributed by atoms with E-state index in [4.69, 9.17) is 22.1 Å². The van der Waals surface area contributed by atoms with Crippen molar-refractivity contribution in [3.63, 3.8) is 0 Å². The third kappa shape index (κ3) is 3.22. The van der Waals surface area contributed by atoms with E-state index in [2.05, 4.69) is 0 Å². The van der Waals surface area contributed by atoms with Crippen LogP contribution in [0.25, 0.3) is 0 Å². The third-order valence-electron chi connectivity index (χ3n) is 2.60. The van der Waals surface area contributed by atoms with Crippen molar-refractivity contribution in [1.29, 1.82) is 0 Å². The molecule has 0 aromatic heterocycles. The zero-order valence-corrected chi connectivity index (χ0v) is 10.5. The topological polar surface area (TPSA) is 35.2 Å². The highest BCUT2D eigenvalue weighted by molar-refractivity contribution is 6.30. The number of rotatable bonds is 4. The molecule has 4 heteroatoms. The molecule has 0 bridgehead atoms. The van der Waals surface area contributed by atoms with E-state index >= 15 is 0 Å². The lowest BCUT2D eigenvalue weighted by Crippen LogP contribution is -2.05. The largest absolute Gasteiger partial charge is 0.489 e. The van der Waals surface area contributed by atoms with Crippen LogP contribution in [0.5, 0.6) is 5.75 Å². The smallest absolute Gasteiger partial charge is 0.123 e. The van der Waals surface area contributed by atoms with Crippen LogP contribution in [0.1, 0.15) is 11.1 Å². The molecule has 0 saturated heterocycles. The molecular formula is C14H13ClFNO. The van der Waals surface area contributed by atoms with Crippen molar-refractivity contribution < 1.29 is 9.13 Å². The summed E-state index contributed by atoms with van der Waals surface area (Å²) in [7, 11) is 0. The van der Waals surface area contributed by atoms with Gasteiger partial charge in [-0.25, -0.2) is 4.39 Å². The number of benzene rings is 2. The van der Waals surface area contributed by atoms with Gasteiger partial charge in [-0.2, -0.15) is 0 Å². The fraction of sp³-hybridized carbons (Fsp3) is 0.143. The minimum Gasteiger partial charge on any atom is -0.489 e. The summed E-state index contributed by atoms with van der Waals surface area (Å²) < 4.78 is 18.6. The van der Waals surface area contributed by atoms with Crippen LogP contribution >= 0.6 is 11.6 Å². The molecule has 0 aliphatic carbocycles. The van der Waals surface area contributed by atoms with Crippen LogP contribution in [-0.4, -0.2) is 0 Å². The van der Waals surface area contributed by atoms with E-state index in [0.29, 0.717) is 17.4 Å². The minimum atomic E-state index is -0.286. The Morgan fingerprint density at radius 3 is 2.44 bits per heavy atom. The second-order valence-electron chi connectivity index (χ2n) is 3.86. The van der Waals surface area contributed by atoms with Crippen molar-refractivity contribution in [1.82, 2.24) is 0 Å². The zero-order valence-electron chi connectivity index (χ0n) is 9.70. The summed E-state index contributed by atoms with van der Waals surface area (Å²) in [6.07, 6.45) is 0. The highest BCUT2D eigenvalue weighted by atomic mass is 35.5. The maximum absolute atomic E-state index is 13.0. The van der Waals surface area contributed by atoms with Gasteiger partial charge in [0, 0.05) is 11.6 Å². The molecule has 2 aromatic rings. The summed E-state index contributed by atoms with van der Waals surface area (Å²) in [5, 5.41) is 0.659. The molecule has 0 radical (unpaired) electrons. The first kappa shape index (κ1) is 12.9. The van der Waals surface area contributed by atoms with Gasteiger partial charge in [-0.15, -0.1) is 0 Å². The van der Waals surface area contributed by atoms with E-state index in [1.54, 1.807) is 30.3 Å². The lowest BCUT2D eigenvalue weighted by atomic mass is 10.1. The molecule has 0 atom stereocenters. The van der Waals surface area contributed by atoms with Gasteiger partial charge in [-0.05, 0) is 47.5 Å². The Bertz CT molecular complexity index is 528. The molecule has 0 amide bonds. The average molecular weight is 266 g/mol. The molecule has 0 aliphatic rings. The Morgan fingerprint density at radius 2 is 1.78 bits per heavy atom. The Hall–Kier alpha value is -1.58. The van der Waals surface area contributed by atoms with Crippen molar-refractivity contribution in [2.45, 2.75) is 13.2 Å². The van der Waals surface area contributed by atoms with Crippen LogP contribution in [0.15, 0.2) is 42.5 Å². The highest BCUT2D eigenvalue weighted by Crippen LogP contribution is 2.18. The van der Waals surface area contributed by atoms with Gasteiger partial charge < -0.3 is 10.5 Å². The van der Waals surface area contributed by atoms with E-state index in [0.717, 1.165) is 11.1 Å². The summed E-state index contributed by atoms with van der Waals surface area (Å²) in [5.41, 5.74) is 7.21. The Labute approximate surface area is 110 Å². The molecule has 2 rings (SSSR count). The monoisotopic (exact) mass is 265 g/mol. The van der Waals surface area contributed by atoms with Gasteiger partial charge in [-0.3, -0.25) is 0 Å². The maximum Gasteiger partial charge on any atom is 0.123 e. The molecule has 0 unspecified atom stereocenters. The molecule has 2 aromatic carbocycles. The van der Waals surface area contributed by atoms with Gasteiger partial charge >= 0.3 is 0 Å². The lowest BCUT2D eigenvalue weighted by molar-refractivity contribution is 0.305. The molecule has 0 heterocycles. The van der Waals surface area contributed by atoms with Gasteiger partial charge in [0.25, 0.3) is 0 Å². The van der Waals surface area contributed by atoms with Gasteiger partial charge in [0.1, 0.15) is 18.2 Å². The standard InChI is InChI=1S/C14H13ClFNO/c15-12-2-5-14(6-3-12)18-9-10-1-4-13(16)7-11(10)8-17/h1-7H,8-9,17H2. The highest BCUT2D eigenvalue weighted by Gasteiger charge is 2.04. The van der Waals surface area contributed by atoms with E-state index in [9.17, 15) is 4.39 Å². The summed E-state index contributed by atoms with van der Waals surface area (Å²) in [6, 6.07) is 11.6. The SMILES string of the molecule is NCc1cc(F)ccc1COc1ccc(Cl)cc1. The zero-order chi connectivity index (χ0) is 13.0. The first-order valence-electron chi connectivity index (χ1n) is 5.55. The Kier molecular flexibility index (Phi) is 4.18. The summed E-state index contributed by atoms with van der Waals surface area (Å²) >= 11 is 5.78. The number of nitrogens with two attached hydrogens (primary N) is 1. The first-order valence-corrected chi connectivity index (χ1v) is 5.92. The van der Waals surface area contributed by atoms with E-state index in [-0.39, 0.29) is 12.4 Å². The molecule has 2 nitrogen and oxygen atoms in total. The van der Waals surface area contributed by atoms with Crippen LogP contribution in [0.2, 0.25) is 5.02 Å². The van der Waals surface area contributed by atoms with Crippen LogP contribution in [0, 0.1) is 5.82 Å². The molecule has 0 fully saturated rings. The molecule has 0 saturated carbocycles. The Balaban J connectivity index is 2.08. The Morgan fingerprint density at radius 1 is 1.06 bits per heavy atom. The van der Waals surface area contributed by atoms with E-state index in [1.807, 2.05) is 0 Å². The van der Waals surface area contributed by atoms with Crippen LogP contribution < -0.4 is 10.5 Å². The van der Waals surface area contributed by atoms with E-state index in [1.165, 1.54) is 12.1 Å². The fourth-order valence-corrected chi connectivity index (χ4v) is 1.74. The van der Waals surface area contributed by atoms with Gasteiger partial charge in [0.15, 0.2) is 0 Å². The fourth-order valence-electron chi connectivity index (χ4n) is 1.62.